The van der Waals surface area contributed by atoms with Crippen molar-refractivity contribution >= 4 is 19.9 Å². The number of halogens is 3. The highest BCUT2D eigenvalue weighted by molar-refractivity contribution is 5.94. The molecule has 1 aliphatic rings. The molecule has 0 N–H and O–H groups in total. The first-order chi connectivity index (χ1) is 16.2. The van der Waals surface area contributed by atoms with E-state index in [4.69, 9.17) is 12.7 Å². The van der Waals surface area contributed by atoms with Gasteiger partial charge in [0, 0.05) is 19.0 Å². The number of methoxy groups -OCH3 is 1. The molecule has 2 heterocycles. The second-order valence-corrected chi connectivity index (χ2v) is 8.33. The van der Waals surface area contributed by atoms with E-state index >= 15 is 0 Å². The highest BCUT2D eigenvalue weighted by Crippen LogP contribution is 2.30. The number of aromatic nitrogens is 1. The summed E-state index contributed by atoms with van der Waals surface area (Å²) in [5.74, 6) is -1.73. The molecule has 1 aliphatic heterocycles. The first-order valence-corrected chi connectivity index (χ1v) is 11.1. The molecule has 0 fully saturated rings. The van der Waals surface area contributed by atoms with Crippen LogP contribution >= 0.6 is 0 Å². The molecule has 1 aromatic carbocycles. The fourth-order valence-electron chi connectivity index (χ4n) is 4.03. The van der Waals surface area contributed by atoms with E-state index in [2.05, 4.69) is 4.74 Å². The first-order valence-electron chi connectivity index (χ1n) is 11.1. The van der Waals surface area contributed by atoms with Crippen LogP contribution in [-0.4, -0.2) is 51.2 Å². The Hall–Kier alpha value is -3.04. The zero-order chi connectivity index (χ0) is 24.7. The molecular formula is C24H27BF3N2O4+. The van der Waals surface area contributed by atoms with Crippen molar-refractivity contribution in [2.45, 2.75) is 44.8 Å². The van der Waals surface area contributed by atoms with Crippen LogP contribution in [-0.2, 0) is 33.7 Å². The molecule has 0 bridgehead atoms. The minimum absolute atomic E-state index is 0.161. The van der Waals surface area contributed by atoms with E-state index in [1.54, 1.807) is 28.9 Å². The van der Waals surface area contributed by atoms with Gasteiger partial charge in [0.05, 0.1) is 26.1 Å². The summed E-state index contributed by atoms with van der Waals surface area (Å²) in [5, 5.41) is 0. The van der Waals surface area contributed by atoms with E-state index < -0.39 is 30.5 Å². The summed E-state index contributed by atoms with van der Waals surface area (Å²) in [5.41, 5.74) is 2.30. The Morgan fingerprint density at radius 2 is 2.00 bits per heavy atom. The summed E-state index contributed by atoms with van der Waals surface area (Å²) in [6, 6.07) is 10.9. The minimum atomic E-state index is -4.55. The molecular weight excluding hydrogens is 448 g/mol. The molecule has 3 rings (SSSR count). The zero-order valence-electron chi connectivity index (χ0n) is 19.0. The van der Waals surface area contributed by atoms with Crippen molar-refractivity contribution in [1.29, 1.82) is 0 Å². The van der Waals surface area contributed by atoms with Gasteiger partial charge in [0.1, 0.15) is 18.5 Å². The van der Waals surface area contributed by atoms with Gasteiger partial charge in [-0.05, 0) is 48.6 Å². The topological polar surface area (TPSA) is 59.7 Å². The SMILES string of the molecule is [B][n+]1ccccc1CCCCOc1ccc2c(c1)CN(CC(F)(F)F)C(=O)[C@H](CC(=O)OC)C2. The second kappa shape index (κ2) is 11.4. The maximum Gasteiger partial charge on any atom is 0.586 e. The van der Waals surface area contributed by atoms with Crippen molar-refractivity contribution in [3.8, 4) is 5.75 Å². The summed E-state index contributed by atoms with van der Waals surface area (Å²) < 4.78 is 51.4. The third-order valence-electron chi connectivity index (χ3n) is 5.75. The number of ether oxygens (including phenoxy) is 2. The lowest BCUT2D eigenvalue weighted by Crippen LogP contribution is -2.41. The van der Waals surface area contributed by atoms with E-state index in [9.17, 15) is 22.8 Å². The molecule has 1 amide bonds. The fraction of sp³-hybridized carbons (Fsp3) is 0.458. The minimum Gasteiger partial charge on any atom is -0.494 e. The van der Waals surface area contributed by atoms with Crippen LogP contribution in [0.3, 0.4) is 0 Å². The number of nitrogens with zero attached hydrogens (tertiary/aromatic N) is 2. The number of unbranched alkanes of at least 4 members (excludes halogenated alkanes) is 1. The van der Waals surface area contributed by atoms with Crippen LogP contribution < -0.4 is 9.21 Å². The average Bonchev–Trinajstić information content (AvgIpc) is 2.90. The Balaban J connectivity index is 1.65. The van der Waals surface area contributed by atoms with Gasteiger partial charge in [-0.15, -0.1) is 0 Å². The van der Waals surface area contributed by atoms with Gasteiger partial charge < -0.3 is 14.4 Å². The van der Waals surface area contributed by atoms with Crippen molar-refractivity contribution in [3.05, 3.63) is 59.4 Å². The summed E-state index contributed by atoms with van der Waals surface area (Å²) >= 11 is 0. The van der Waals surface area contributed by atoms with Crippen molar-refractivity contribution in [1.82, 2.24) is 4.90 Å². The Morgan fingerprint density at radius 3 is 2.71 bits per heavy atom. The van der Waals surface area contributed by atoms with Gasteiger partial charge >= 0.3 is 20.1 Å². The molecule has 6 nitrogen and oxygen atoms in total. The van der Waals surface area contributed by atoms with Gasteiger partial charge in [0.2, 0.25) is 5.91 Å². The maximum atomic E-state index is 13.1. The molecule has 1 atom stereocenters. The van der Waals surface area contributed by atoms with E-state index in [1.165, 1.54) is 7.11 Å². The monoisotopic (exact) mass is 475 g/mol. The number of fused-ring (bicyclic) bond motifs is 1. The molecule has 0 unspecified atom stereocenters. The number of amides is 1. The van der Waals surface area contributed by atoms with Gasteiger partial charge in [0.15, 0.2) is 5.69 Å². The lowest BCUT2D eigenvalue weighted by atomic mass is 9.94. The number of pyridine rings is 1. The molecule has 2 aromatic rings. The number of rotatable bonds is 9. The molecule has 0 aliphatic carbocycles. The summed E-state index contributed by atoms with van der Waals surface area (Å²) in [6.07, 6.45) is -0.462. The second-order valence-electron chi connectivity index (χ2n) is 8.33. The number of carbonyl (C=O) groups is 2. The van der Waals surface area contributed by atoms with Crippen molar-refractivity contribution in [2.75, 3.05) is 20.3 Å². The average molecular weight is 475 g/mol. The van der Waals surface area contributed by atoms with Crippen LogP contribution in [0.4, 0.5) is 13.2 Å². The third-order valence-corrected chi connectivity index (χ3v) is 5.75. The Kier molecular flexibility index (Phi) is 8.58. The first kappa shape index (κ1) is 25.6. The lowest BCUT2D eigenvalue weighted by molar-refractivity contribution is -0.531. The molecule has 10 heteroatoms. The molecule has 180 valence electrons. The number of hydrogen-bond donors (Lipinski definition) is 0. The molecule has 0 spiro atoms. The quantitative estimate of drug-likeness (QED) is 0.318. The van der Waals surface area contributed by atoms with E-state index in [1.807, 2.05) is 18.2 Å². The van der Waals surface area contributed by atoms with Crippen molar-refractivity contribution in [2.24, 2.45) is 5.92 Å². The van der Waals surface area contributed by atoms with Crippen LogP contribution in [0.25, 0.3) is 0 Å². The number of alkyl halides is 3. The molecule has 0 saturated heterocycles. The van der Waals surface area contributed by atoms with Crippen LogP contribution in [0.2, 0.25) is 0 Å². The van der Waals surface area contributed by atoms with Crippen LogP contribution in [0.5, 0.6) is 5.75 Å². The Morgan fingerprint density at radius 1 is 1.21 bits per heavy atom. The standard InChI is InChI=1S/C24H27BF3N2O4/c1-33-22(31)14-18-12-17-8-9-21(13-19(17)15-29(23(18)32)16-24(26,27)28)34-11-5-3-7-20-6-2-4-10-30(20)25/h2,4,6,8-10,13,18H,3,5,7,11-12,14-16H2,1H3/q+1/t18-/m0/s1. The molecule has 2 radical (unpaired) electrons. The van der Waals surface area contributed by atoms with Gasteiger partial charge in [-0.25, -0.2) is 0 Å². The summed E-state index contributed by atoms with van der Waals surface area (Å²) in [4.78, 5) is 25.3. The largest absolute Gasteiger partial charge is 0.586 e. The number of benzene rings is 1. The number of esters is 1. The molecule has 34 heavy (non-hydrogen) atoms. The van der Waals surface area contributed by atoms with Crippen LogP contribution in [0.1, 0.15) is 36.1 Å². The van der Waals surface area contributed by atoms with E-state index in [0.29, 0.717) is 17.9 Å². The molecule has 0 saturated carbocycles. The number of hydrogen-bond acceptors (Lipinski definition) is 4. The predicted molar refractivity (Wildman–Crippen MR) is 118 cm³/mol. The van der Waals surface area contributed by atoms with Gasteiger partial charge in [-0.3, -0.25) is 14.1 Å². The Labute approximate surface area is 198 Å². The van der Waals surface area contributed by atoms with Crippen LogP contribution in [0, 0.1) is 5.92 Å². The normalized spacial score (nSPS) is 16.1. The number of aryl methyl sites for hydroxylation is 1. The maximum absolute atomic E-state index is 13.1. The van der Waals surface area contributed by atoms with Crippen molar-refractivity contribution < 1.29 is 36.7 Å². The van der Waals surface area contributed by atoms with Crippen LogP contribution in [0.15, 0.2) is 42.6 Å². The van der Waals surface area contributed by atoms with Gasteiger partial charge in [-0.2, -0.15) is 13.2 Å². The highest BCUT2D eigenvalue weighted by atomic mass is 19.4. The predicted octanol–water partition coefficient (Wildman–Crippen LogP) is 2.93. The fourth-order valence-corrected chi connectivity index (χ4v) is 4.03. The van der Waals surface area contributed by atoms with E-state index in [-0.39, 0.29) is 19.4 Å². The summed E-state index contributed by atoms with van der Waals surface area (Å²) in [7, 11) is 7.05. The van der Waals surface area contributed by atoms with Crippen molar-refractivity contribution in [3.63, 3.8) is 0 Å². The lowest BCUT2D eigenvalue weighted by Gasteiger charge is -2.25. The zero-order valence-corrected chi connectivity index (χ0v) is 19.0. The Bertz CT molecular complexity index is 1020. The summed E-state index contributed by atoms with van der Waals surface area (Å²) in [6.45, 7) is -1.14. The van der Waals surface area contributed by atoms with Gasteiger partial charge in [-0.1, -0.05) is 12.1 Å². The highest BCUT2D eigenvalue weighted by Gasteiger charge is 2.38. The smallest absolute Gasteiger partial charge is 0.494 e. The molecule has 1 aromatic heterocycles. The third kappa shape index (κ3) is 7.23. The van der Waals surface area contributed by atoms with Gasteiger partial charge in [0.25, 0.3) is 0 Å². The van der Waals surface area contributed by atoms with E-state index in [0.717, 1.165) is 35.4 Å². The number of carbonyl (C=O) groups excluding carboxylic acids is 2.